The highest BCUT2D eigenvalue weighted by atomic mass is 16.1. The molecule has 1 saturated heterocycles. The maximum Gasteiger partial charge on any atom is 0.250 e. The molecule has 2 atom stereocenters. The van der Waals surface area contributed by atoms with Crippen LogP contribution in [0.5, 0.6) is 0 Å². The molecule has 0 aromatic carbocycles. The van der Waals surface area contributed by atoms with Gasteiger partial charge < -0.3 is 4.57 Å². The van der Waals surface area contributed by atoms with Crippen LogP contribution in [0.15, 0.2) is 47.7 Å². The molecule has 5 rings (SSSR count). The molecule has 2 bridgehead atoms. The SMILES string of the molecule is O=c1cccc2n1C[C@H]1C[C@@H]2CN(Cc2ccn3ncnc3c2)C1. The first-order valence-corrected chi connectivity index (χ1v) is 8.46. The van der Waals surface area contributed by atoms with Crippen molar-refractivity contribution in [2.45, 2.75) is 25.4 Å². The third-order valence-corrected chi connectivity index (χ3v) is 5.31. The molecule has 122 valence electrons. The molecular weight excluding hydrogens is 302 g/mol. The maximum atomic E-state index is 12.1. The molecule has 0 N–H and O–H groups in total. The number of fused-ring (bicyclic) bond motifs is 5. The quantitative estimate of drug-likeness (QED) is 0.718. The molecule has 0 amide bonds. The highest BCUT2D eigenvalue weighted by molar-refractivity contribution is 5.39. The van der Waals surface area contributed by atoms with Gasteiger partial charge in [0.15, 0.2) is 5.65 Å². The van der Waals surface area contributed by atoms with Crippen molar-refractivity contribution in [2.24, 2.45) is 5.92 Å². The summed E-state index contributed by atoms with van der Waals surface area (Å²) < 4.78 is 3.77. The molecule has 2 aliphatic heterocycles. The third kappa shape index (κ3) is 2.26. The standard InChI is InChI=1S/C18H19N5O/c24-18-3-1-2-16-15-6-14(10-22(16)18)9-21(11-15)8-13-4-5-23-17(7-13)19-12-20-23/h1-5,7,12,14-15H,6,8-11H2/t14-,15+/m0/s1. The lowest BCUT2D eigenvalue weighted by Gasteiger charge is -2.42. The summed E-state index contributed by atoms with van der Waals surface area (Å²) in [6.07, 6.45) is 4.75. The van der Waals surface area contributed by atoms with Gasteiger partial charge in [0.25, 0.3) is 5.56 Å². The Morgan fingerprint density at radius 2 is 2.12 bits per heavy atom. The number of likely N-dealkylation sites (tertiary alicyclic amines) is 1. The summed E-state index contributed by atoms with van der Waals surface area (Å²) >= 11 is 0. The van der Waals surface area contributed by atoms with Crippen molar-refractivity contribution in [3.8, 4) is 0 Å². The van der Waals surface area contributed by atoms with Gasteiger partial charge in [-0.25, -0.2) is 9.50 Å². The maximum absolute atomic E-state index is 12.1. The van der Waals surface area contributed by atoms with Gasteiger partial charge in [0.05, 0.1) is 0 Å². The number of pyridine rings is 2. The van der Waals surface area contributed by atoms with E-state index in [0.717, 1.165) is 31.8 Å². The molecule has 6 nitrogen and oxygen atoms in total. The third-order valence-electron chi connectivity index (χ3n) is 5.31. The Kier molecular flexibility index (Phi) is 3.06. The zero-order valence-corrected chi connectivity index (χ0v) is 13.4. The van der Waals surface area contributed by atoms with E-state index in [9.17, 15) is 4.79 Å². The van der Waals surface area contributed by atoms with Crippen molar-refractivity contribution >= 4 is 5.65 Å². The molecule has 6 heteroatoms. The van der Waals surface area contributed by atoms with Crippen molar-refractivity contribution in [1.82, 2.24) is 24.1 Å². The summed E-state index contributed by atoms with van der Waals surface area (Å²) in [5.41, 5.74) is 3.51. The van der Waals surface area contributed by atoms with Gasteiger partial charge in [0.1, 0.15) is 6.33 Å². The van der Waals surface area contributed by atoms with Crippen LogP contribution < -0.4 is 5.56 Å². The first-order chi connectivity index (χ1) is 11.8. The Bertz CT molecular complexity index is 959. The van der Waals surface area contributed by atoms with Crippen molar-refractivity contribution in [1.29, 1.82) is 0 Å². The highest BCUT2D eigenvalue weighted by Gasteiger charge is 2.34. The number of piperidine rings is 1. The Hall–Kier alpha value is -2.47. The van der Waals surface area contributed by atoms with Crippen LogP contribution in [0.1, 0.15) is 23.6 Å². The van der Waals surface area contributed by atoms with E-state index in [0.29, 0.717) is 11.8 Å². The average Bonchev–Trinajstić information content (AvgIpc) is 3.03. The summed E-state index contributed by atoms with van der Waals surface area (Å²) in [7, 11) is 0. The first-order valence-electron chi connectivity index (χ1n) is 8.46. The topological polar surface area (TPSA) is 55.4 Å². The van der Waals surface area contributed by atoms with E-state index in [-0.39, 0.29) is 5.56 Å². The first kappa shape index (κ1) is 13.9. The van der Waals surface area contributed by atoms with Gasteiger partial charge in [-0.15, -0.1) is 0 Å². The largest absolute Gasteiger partial charge is 0.312 e. The van der Waals surface area contributed by atoms with Crippen LogP contribution in [0.25, 0.3) is 5.65 Å². The number of nitrogens with zero attached hydrogens (tertiary/aromatic N) is 5. The highest BCUT2D eigenvalue weighted by Crippen LogP contribution is 2.35. The second-order valence-corrected chi connectivity index (χ2v) is 6.99. The van der Waals surface area contributed by atoms with E-state index in [1.165, 1.54) is 17.7 Å². The Morgan fingerprint density at radius 3 is 3.08 bits per heavy atom. The van der Waals surface area contributed by atoms with Crippen molar-refractivity contribution < 1.29 is 0 Å². The van der Waals surface area contributed by atoms with Crippen molar-refractivity contribution in [2.75, 3.05) is 13.1 Å². The smallest absolute Gasteiger partial charge is 0.250 e. The van der Waals surface area contributed by atoms with Crippen LogP contribution in [-0.4, -0.2) is 37.2 Å². The average molecular weight is 321 g/mol. The van der Waals surface area contributed by atoms with E-state index < -0.39 is 0 Å². The normalized spacial score (nSPS) is 23.3. The lowest BCUT2D eigenvalue weighted by atomic mass is 9.83. The molecule has 3 aromatic heterocycles. The molecule has 3 aromatic rings. The molecule has 2 aliphatic rings. The summed E-state index contributed by atoms with van der Waals surface area (Å²) in [6, 6.07) is 9.91. The van der Waals surface area contributed by atoms with Crippen molar-refractivity contribution in [3.05, 3.63) is 64.5 Å². The number of hydrogen-bond donors (Lipinski definition) is 0. The molecule has 0 radical (unpaired) electrons. The van der Waals surface area contributed by atoms with E-state index in [4.69, 9.17) is 0 Å². The van der Waals surface area contributed by atoms with Gasteiger partial charge in [0, 0.05) is 50.1 Å². The van der Waals surface area contributed by atoms with Crippen LogP contribution in [0.3, 0.4) is 0 Å². The Morgan fingerprint density at radius 1 is 1.17 bits per heavy atom. The zero-order chi connectivity index (χ0) is 16.1. The molecule has 1 fully saturated rings. The molecular formula is C18H19N5O. The Labute approximate surface area is 139 Å². The molecule has 0 unspecified atom stereocenters. The van der Waals surface area contributed by atoms with Crippen LogP contribution in [-0.2, 0) is 13.1 Å². The minimum atomic E-state index is 0.146. The van der Waals surface area contributed by atoms with Crippen LogP contribution in [0.2, 0.25) is 0 Å². The fraction of sp³-hybridized carbons (Fsp3) is 0.389. The molecule has 0 spiro atoms. The second kappa shape index (κ2) is 5.27. The summed E-state index contributed by atoms with van der Waals surface area (Å²) in [5, 5.41) is 4.15. The monoisotopic (exact) mass is 321 g/mol. The fourth-order valence-electron chi connectivity index (χ4n) is 4.34. The zero-order valence-electron chi connectivity index (χ0n) is 13.4. The van der Waals surface area contributed by atoms with E-state index in [1.807, 2.05) is 16.8 Å². The number of hydrogen-bond acceptors (Lipinski definition) is 4. The van der Waals surface area contributed by atoms with Crippen LogP contribution in [0.4, 0.5) is 0 Å². The van der Waals surface area contributed by atoms with Crippen molar-refractivity contribution in [3.63, 3.8) is 0 Å². The molecule has 0 aliphatic carbocycles. The minimum Gasteiger partial charge on any atom is -0.312 e. The van der Waals surface area contributed by atoms with E-state index >= 15 is 0 Å². The summed E-state index contributed by atoms with van der Waals surface area (Å²) in [4.78, 5) is 18.9. The lowest BCUT2D eigenvalue weighted by Crippen LogP contribution is -2.46. The minimum absolute atomic E-state index is 0.146. The predicted octanol–water partition coefficient (Wildman–Crippen LogP) is 1.51. The second-order valence-electron chi connectivity index (χ2n) is 6.99. The van der Waals surface area contributed by atoms with Gasteiger partial charge in [-0.3, -0.25) is 9.69 Å². The number of rotatable bonds is 2. The fourth-order valence-corrected chi connectivity index (χ4v) is 4.34. The summed E-state index contributed by atoms with van der Waals surface area (Å²) in [5.74, 6) is 1.02. The van der Waals surface area contributed by atoms with Gasteiger partial charge in [-0.2, -0.15) is 5.10 Å². The van der Waals surface area contributed by atoms with Crippen LogP contribution in [0, 0.1) is 5.92 Å². The summed E-state index contributed by atoms with van der Waals surface area (Å²) in [6.45, 7) is 3.84. The van der Waals surface area contributed by atoms with Gasteiger partial charge in [-0.05, 0) is 36.1 Å². The van der Waals surface area contributed by atoms with Crippen LogP contribution >= 0.6 is 0 Å². The van der Waals surface area contributed by atoms with Gasteiger partial charge in [0.2, 0.25) is 0 Å². The van der Waals surface area contributed by atoms with Gasteiger partial charge in [-0.1, -0.05) is 6.07 Å². The van der Waals surface area contributed by atoms with E-state index in [1.54, 1.807) is 16.9 Å². The number of aromatic nitrogens is 4. The van der Waals surface area contributed by atoms with Gasteiger partial charge >= 0.3 is 0 Å². The molecule has 5 heterocycles. The predicted molar refractivity (Wildman–Crippen MR) is 89.8 cm³/mol. The lowest BCUT2D eigenvalue weighted by molar-refractivity contribution is 0.114. The molecule has 24 heavy (non-hydrogen) atoms. The van der Waals surface area contributed by atoms with E-state index in [2.05, 4.69) is 33.2 Å². The molecule has 0 saturated carbocycles. The Balaban J connectivity index is 1.41.